The smallest absolute Gasteiger partial charge is 0.322 e. The molecule has 0 amide bonds. The number of ether oxygens (including phenoxy) is 2. The third-order valence-corrected chi connectivity index (χ3v) is 2.72. The van der Waals surface area contributed by atoms with E-state index >= 15 is 0 Å². The van der Waals surface area contributed by atoms with Crippen LogP contribution in [-0.2, 0) is 6.54 Å². The number of aromatic nitrogens is 3. The maximum absolute atomic E-state index is 5.84. The van der Waals surface area contributed by atoms with Crippen LogP contribution in [0.1, 0.15) is 25.7 Å². The van der Waals surface area contributed by atoms with Crippen LogP contribution >= 0.6 is 0 Å². The second-order valence-electron chi connectivity index (χ2n) is 4.15. The van der Waals surface area contributed by atoms with Crippen LogP contribution in [0.5, 0.6) is 17.5 Å². The van der Waals surface area contributed by atoms with Gasteiger partial charge in [0.25, 0.3) is 0 Å². The summed E-state index contributed by atoms with van der Waals surface area (Å²) in [5.41, 5.74) is 5.84. The first-order chi connectivity index (χ1) is 9.15. The third-order valence-electron chi connectivity index (χ3n) is 2.72. The first kappa shape index (κ1) is 13.4. The van der Waals surface area contributed by atoms with Crippen LogP contribution in [-0.4, -0.2) is 21.9 Å². The van der Waals surface area contributed by atoms with Crippen molar-refractivity contribution in [1.82, 2.24) is 14.8 Å². The van der Waals surface area contributed by atoms with E-state index in [-0.39, 0.29) is 6.04 Å². The standard InChI is InChI=1S/C13H18N4O2/c1-4-17-12(9(2)14)15-16-13(17)19-11-7-5-6-10(8-11)18-3/h5-9H,4,14H2,1-3H3/t9-/m1/s1. The highest BCUT2D eigenvalue weighted by molar-refractivity contribution is 5.34. The van der Waals surface area contributed by atoms with Gasteiger partial charge in [-0.2, -0.15) is 0 Å². The van der Waals surface area contributed by atoms with E-state index in [1.807, 2.05) is 36.6 Å². The molecule has 2 N–H and O–H groups in total. The monoisotopic (exact) mass is 262 g/mol. The van der Waals surface area contributed by atoms with Gasteiger partial charge < -0.3 is 15.2 Å². The molecular formula is C13H18N4O2. The number of benzene rings is 1. The second kappa shape index (κ2) is 5.71. The number of methoxy groups -OCH3 is 1. The van der Waals surface area contributed by atoms with Crippen LogP contribution in [0.15, 0.2) is 24.3 Å². The fraction of sp³-hybridized carbons (Fsp3) is 0.385. The molecule has 0 aliphatic heterocycles. The predicted molar refractivity (Wildman–Crippen MR) is 71.4 cm³/mol. The molecule has 6 heteroatoms. The van der Waals surface area contributed by atoms with Crippen molar-refractivity contribution in [3.63, 3.8) is 0 Å². The number of nitrogens with zero attached hydrogens (tertiary/aromatic N) is 3. The van der Waals surface area contributed by atoms with Crippen LogP contribution in [0.4, 0.5) is 0 Å². The van der Waals surface area contributed by atoms with Crippen molar-refractivity contribution < 1.29 is 9.47 Å². The lowest BCUT2D eigenvalue weighted by Crippen LogP contribution is -2.13. The van der Waals surface area contributed by atoms with E-state index in [1.54, 1.807) is 13.2 Å². The minimum atomic E-state index is -0.185. The summed E-state index contributed by atoms with van der Waals surface area (Å²) in [6.45, 7) is 4.56. The minimum absolute atomic E-state index is 0.185. The molecular weight excluding hydrogens is 244 g/mol. The van der Waals surface area contributed by atoms with Crippen molar-refractivity contribution in [2.75, 3.05) is 7.11 Å². The number of hydrogen-bond acceptors (Lipinski definition) is 5. The summed E-state index contributed by atoms with van der Waals surface area (Å²) in [5.74, 6) is 2.09. The summed E-state index contributed by atoms with van der Waals surface area (Å²) >= 11 is 0. The summed E-state index contributed by atoms with van der Waals surface area (Å²) in [6.07, 6.45) is 0. The summed E-state index contributed by atoms with van der Waals surface area (Å²) in [6, 6.07) is 7.58. The Kier molecular flexibility index (Phi) is 4.01. The van der Waals surface area contributed by atoms with Gasteiger partial charge in [0, 0.05) is 12.6 Å². The van der Waals surface area contributed by atoms with Crippen LogP contribution in [0.3, 0.4) is 0 Å². The number of rotatable bonds is 5. The zero-order valence-corrected chi connectivity index (χ0v) is 11.3. The molecule has 1 aromatic heterocycles. The maximum Gasteiger partial charge on any atom is 0.322 e. The highest BCUT2D eigenvalue weighted by atomic mass is 16.5. The van der Waals surface area contributed by atoms with Gasteiger partial charge in [-0.1, -0.05) is 11.2 Å². The van der Waals surface area contributed by atoms with Gasteiger partial charge in [0.05, 0.1) is 13.2 Å². The van der Waals surface area contributed by atoms with E-state index in [0.29, 0.717) is 24.1 Å². The van der Waals surface area contributed by atoms with Gasteiger partial charge in [-0.15, -0.1) is 5.10 Å². The molecule has 102 valence electrons. The van der Waals surface area contributed by atoms with Crippen molar-refractivity contribution in [3.05, 3.63) is 30.1 Å². The van der Waals surface area contributed by atoms with Gasteiger partial charge >= 0.3 is 6.01 Å². The van der Waals surface area contributed by atoms with Crippen LogP contribution in [0.2, 0.25) is 0 Å². The van der Waals surface area contributed by atoms with Crippen molar-refractivity contribution in [3.8, 4) is 17.5 Å². The second-order valence-corrected chi connectivity index (χ2v) is 4.15. The van der Waals surface area contributed by atoms with E-state index in [1.165, 1.54) is 0 Å². The van der Waals surface area contributed by atoms with Crippen LogP contribution < -0.4 is 15.2 Å². The normalized spacial score (nSPS) is 12.2. The van der Waals surface area contributed by atoms with E-state index in [9.17, 15) is 0 Å². The van der Waals surface area contributed by atoms with Gasteiger partial charge in [0.15, 0.2) is 5.82 Å². The number of nitrogens with two attached hydrogens (primary N) is 1. The molecule has 1 heterocycles. The molecule has 1 atom stereocenters. The summed E-state index contributed by atoms with van der Waals surface area (Å²) in [7, 11) is 1.61. The molecule has 0 spiro atoms. The SMILES string of the molecule is CCn1c(Oc2cccc(OC)c2)nnc1[C@@H](C)N. The summed E-state index contributed by atoms with van der Waals surface area (Å²) in [5, 5.41) is 8.09. The molecule has 1 aromatic carbocycles. The minimum Gasteiger partial charge on any atom is -0.497 e. The molecule has 0 saturated carbocycles. The Hall–Kier alpha value is -2.08. The Bertz CT molecular complexity index is 551. The zero-order valence-electron chi connectivity index (χ0n) is 11.3. The lowest BCUT2D eigenvalue weighted by molar-refractivity contribution is 0.393. The van der Waals surface area contributed by atoms with Gasteiger partial charge in [-0.05, 0) is 26.0 Å². The predicted octanol–water partition coefficient (Wildman–Crippen LogP) is 2.12. The molecule has 0 fully saturated rings. The maximum atomic E-state index is 5.84. The molecule has 0 aliphatic rings. The first-order valence-electron chi connectivity index (χ1n) is 6.16. The molecule has 6 nitrogen and oxygen atoms in total. The van der Waals surface area contributed by atoms with Crippen molar-refractivity contribution in [2.45, 2.75) is 26.4 Å². The van der Waals surface area contributed by atoms with Gasteiger partial charge in [0.2, 0.25) is 0 Å². The molecule has 0 aliphatic carbocycles. The number of hydrogen-bond donors (Lipinski definition) is 1. The molecule has 0 bridgehead atoms. The average Bonchev–Trinajstić information content (AvgIpc) is 2.82. The molecule has 0 radical (unpaired) electrons. The van der Waals surface area contributed by atoms with E-state index < -0.39 is 0 Å². The van der Waals surface area contributed by atoms with Gasteiger partial charge in [0.1, 0.15) is 11.5 Å². The Balaban J connectivity index is 2.27. The van der Waals surface area contributed by atoms with Crippen molar-refractivity contribution >= 4 is 0 Å². The Morgan fingerprint density at radius 3 is 2.68 bits per heavy atom. The average molecular weight is 262 g/mol. The van der Waals surface area contributed by atoms with E-state index in [4.69, 9.17) is 15.2 Å². The van der Waals surface area contributed by atoms with Crippen molar-refractivity contribution in [2.24, 2.45) is 5.73 Å². The van der Waals surface area contributed by atoms with Gasteiger partial charge in [-0.3, -0.25) is 4.57 Å². The lowest BCUT2D eigenvalue weighted by Gasteiger charge is -2.10. The largest absolute Gasteiger partial charge is 0.497 e. The Labute approximate surface area is 112 Å². The molecule has 2 aromatic rings. The lowest BCUT2D eigenvalue weighted by atomic mass is 10.3. The first-order valence-corrected chi connectivity index (χ1v) is 6.16. The Morgan fingerprint density at radius 1 is 1.32 bits per heavy atom. The molecule has 0 saturated heterocycles. The fourth-order valence-corrected chi connectivity index (χ4v) is 1.78. The van der Waals surface area contributed by atoms with Crippen LogP contribution in [0, 0.1) is 0 Å². The van der Waals surface area contributed by atoms with Gasteiger partial charge in [-0.25, -0.2) is 0 Å². The third kappa shape index (κ3) is 2.85. The Morgan fingerprint density at radius 2 is 2.05 bits per heavy atom. The molecule has 19 heavy (non-hydrogen) atoms. The summed E-state index contributed by atoms with van der Waals surface area (Å²) in [4.78, 5) is 0. The van der Waals surface area contributed by atoms with E-state index in [0.717, 1.165) is 5.75 Å². The fourth-order valence-electron chi connectivity index (χ4n) is 1.78. The highest BCUT2D eigenvalue weighted by Crippen LogP contribution is 2.25. The summed E-state index contributed by atoms with van der Waals surface area (Å²) < 4.78 is 12.7. The zero-order chi connectivity index (χ0) is 13.8. The van der Waals surface area contributed by atoms with Crippen LogP contribution in [0.25, 0.3) is 0 Å². The quantitative estimate of drug-likeness (QED) is 0.893. The molecule has 0 unspecified atom stereocenters. The highest BCUT2D eigenvalue weighted by Gasteiger charge is 2.15. The molecule has 2 rings (SSSR count). The topological polar surface area (TPSA) is 75.2 Å². The van der Waals surface area contributed by atoms with Crippen molar-refractivity contribution in [1.29, 1.82) is 0 Å². The van der Waals surface area contributed by atoms with E-state index in [2.05, 4.69) is 10.2 Å².